The van der Waals surface area contributed by atoms with E-state index in [2.05, 4.69) is 10.2 Å². The van der Waals surface area contributed by atoms with Gasteiger partial charge in [-0.05, 0) is 43.5 Å². The Morgan fingerprint density at radius 3 is 2.44 bits per heavy atom. The Kier molecular flexibility index (Phi) is 2.34. The molecule has 0 bridgehead atoms. The average molecular weight is 217 g/mol. The third-order valence-electron chi connectivity index (χ3n) is 2.94. The molecule has 84 valence electrons. The summed E-state index contributed by atoms with van der Waals surface area (Å²) in [6.07, 6.45) is 0. The van der Waals surface area contributed by atoms with Gasteiger partial charge in [-0.1, -0.05) is 0 Å². The molecule has 0 aliphatic heterocycles. The quantitative estimate of drug-likeness (QED) is 0.686. The lowest BCUT2D eigenvalue weighted by Crippen LogP contribution is -1.92. The van der Waals surface area contributed by atoms with Crippen molar-refractivity contribution >= 4 is 5.82 Å². The van der Waals surface area contributed by atoms with Crippen molar-refractivity contribution in [2.75, 3.05) is 5.73 Å². The molecule has 1 aromatic heterocycles. The van der Waals surface area contributed by atoms with Gasteiger partial charge in [0.2, 0.25) is 0 Å². The molecule has 0 amide bonds. The molecule has 0 fully saturated rings. The molecule has 1 heterocycles. The van der Waals surface area contributed by atoms with Crippen molar-refractivity contribution in [3.63, 3.8) is 0 Å². The van der Waals surface area contributed by atoms with E-state index in [1.54, 1.807) is 12.1 Å². The molecule has 4 nitrogen and oxygen atoms in total. The molecule has 2 aromatic rings. The minimum Gasteiger partial charge on any atom is -0.508 e. The standard InChI is InChI=1S/C12H15N3O/c1-6-4-10(16)7(2)8(3)12(6)9-5-11(13)15-14-9/h4-5,16H,1-3H3,(H3,13,14,15). The monoisotopic (exact) mass is 217 g/mol. The van der Waals surface area contributed by atoms with Gasteiger partial charge >= 0.3 is 0 Å². The number of nitrogens with two attached hydrogens (primary N) is 1. The maximum Gasteiger partial charge on any atom is 0.145 e. The second-order valence-electron chi connectivity index (χ2n) is 4.04. The number of hydrogen-bond acceptors (Lipinski definition) is 3. The van der Waals surface area contributed by atoms with E-state index in [1.165, 1.54) is 0 Å². The fraction of sp³-hybridized carbons (Fsp3) is 0.250. The highest BCUT2D eigenvalue weighted by Gasteiger charge is 2.12. The van der Waals surface area contributed by atoms with E-state index in [0.29, 0.717) is 11.6 Å². The van der Waals surface area contributed by atoms with Crippen LogP contribution in [-0.2, 0) is 0 Å². The summed E-state index contributed by atoms with van der Waals surface area (Å²) in [5.41, 5.74) is 10.5. The Bertz CT molecular complexity index is 543. The number of H-pyrrole nitrogens is 1. The Hall–Kier alpha value is -1.97. The van der Waals surface area contributed by atoms with Gasteiger partial charge in [-0.3, -0.25) is 5.10 Å². The van der Waals surface area contributed by atoms with Crippen molar-refractivity contribution in [2.45, 2.75) is 20.8 Å². The average Bonchev–Trinajstić information content (AvgIpc) is 2.61. The first-order valence-electron chi connectivity index (χ1n) is 5.11. The number of nitrogen functional groups attached to an aromatic ring is 1. The fourth-order valence-corrected chi connectivity index (χ4v) is 1.94. The van der Waals surface area contributed by atoms with Crippen LogP contribution in [0.2, 0.25) is 0 Å². The lowest BCUT2D eigenvalue weighted by molar-refractivity contribution is 0.470. The number of aryl methyl sites for hydroxylation is 1. The van der Waals surface area contributed by atoms with Gasteiger partial charge < -0.3 is 10.8 Å². The maximum absolute atomic E-state index is 9.71. The summed E-state index contributed by atoms with van der Waals surface area (Å²) in [5.74, 6) is 0.797. The van der Waals surface area contributed by atoms with Crippen LogP contribution in [0.3, 0.4) is 0 Å². The van der Waals surface area contributed by atoms with Gasteiger partial charge in [0.25, 0.3) is 0 Å². The maximum atomic E-state index is 9.71. The number of benzene rings is 1. The number of nitrogens with zero attached hydrogens (tertiary/aromatic N) is 1. The molecule has 4 N–H and O–H groups in total. The molecule has 0 saturated heterocycles. The largest absolute Gasteiger partial charge is 0.508 e. The van der Waals surface area contributed by atoms with Crippen molar-refractivity contribution in [3.8, 4) is 17.0 Å². The summed E-state index contributed by atoms with van der Waals surface area (Å²) < 4.78 is 0. The molecule has 0 radical (unpaired) electrons. The number of hydrogen-bond donors (Lipinski definition) is 3. The molecule has 0 unspecified atom stereocenters. The van der Waals surface area contributed by atoms with E-state index >= 15 is 0 Å². The van der Waals surface area contributed by atoms with Crippen LogP contribution < -0.4 is 5.73 Å². The van der Waals surface area contributed by atoms with Crippen LogP contribution in [0.15, 0.2) is 12.1 Å². The van der Waals surface area contributed by atoms with Crippen molar-refractivity contribution in [3.05, 3.63) is 28.8 Å². The highest BCUT2D eigenvalue weighted by atomic mass is 16.3. The number of aromatic hydroxyl groups is 1. The Morgan fingerprint density at radius 1 is 1.19 bits per heavy atom. The zero-order valence-corrected chi connectivity index (χ0v) is 9.63. The third kappa shape index (κ3) is 1.52. The lowest BCUT2D eigenvalue weighted by Gasteiger charge is -2.12. The van der Waals surface area contributed by atoms with Crippen LogP contribution in [0.5, 0.6) is 5.75 Å². The van der Waals surface area contributed by atoms with E-state index < -0.39 is 0 Å². The minimum atomic E-state index is 0.325. The van der Waals surface area contributed by atoms with Gasteiger partial charge in [-0.25, -0.2) is 0 Å². The Balaban J connectivity index is 2.70. The van der Waals surface area contributed by atoms with Gasteiger partial charge in [-0.2, -0.15) is 5.10 Å². The van der Waals surface area contributed by atoms with Gasteiger partial charge in [0.15, 0.2) is 0 Å². The van der Waals surface area contributed by atoms with Gasteiger partial charge in [0, 0.05) is 11.6 Å². The van der Waals surface area contributed by atoms with Crippen molar-refractivity contribution in [1.82, 2.24) is 10.2 Å². The van der Waals surface area contributed by atoms with E-state index in [9.17, 15) is 5.11 Å². The van der Waals surface area contributed by atoms with Gasteiger partial charge in [-0.15, -0.1) is 0 Å². The lowest BCUT2D eigenvalue weighted by atomic mass is 9.95. The number of rotatable bonds is 1. The predicted octanol–water partition coefficient (Wildman–Crippen LogP) is 2.29. The number of anilines is 1. The molecule has 1 aromatic carbocycles. The smallest absolute Gasteiger partial charge is 0.145 e. The SMILES string of the molecule is Cc1cc(O)c(C)c(C)c1-c1cc(N)n[nH]1. The predicted molar refractivity (Wildman–Crippen MR) is 64.3 cm³/mol. The molecule has 16 heavy (non-hydrogen) atoms. The van der Waals surface area contributed by atoms with Crippen LogP contribution in [0.25, 0.3) is 11.3 Å². The molecule has 0 spiro atoms. The fourth-order valence-electron chi connectivity index (χ4n) is 1.94. The van der Waals surface area contributed by atoms with Gasteiger partial charge in [0.1, 0.15) is 11.6 Å². The van der Waals surface area contributed by atoms with E-state index in [-0.39, 0.29) is 0 Å². The molecule has 0 aliphatic carbocycles. The van der Waals surface area contributed by atoms with Crippen molar-refractivity contribution < 1.29 is 5.11 Å². The molecule has 0 atom stereocenters. The first kappa shape index (κ1) is 10.5. The molecule has 0 aliphatic rings. The van der Waals surface area contributed by atoms with E-state index in [4.69, 9.17) is 5.73 Å². The summed E-state index contributed by atoms with van der Waals surface area (Å²) in [5, 5.41) is 16.5. The van der Waals surface area contributed by atoms with Crippen LogP contribution in [0.1, 0.15) is 16.7 Å². The van der Waals surface area contributed by atoms with E-state index in [0.717, 1.165) is 27.9 Å². The normalized spacial score (nSPS) is 10.7. The van der Waals surface area contributed by atoms with Crippen molar-refractivity contribution in [2.24, 2.45) is 0 Å². The van der Waals surface area contributed by atoms with Crippen molar-refractivity contribution in [1.29, 1.82) is 0 Å². The third-order valence-corrected chi connectivity index (χ3v) is 2.94. The first-order chi connectivity index (χ1) is 7.50. The van der Waals surface area contributed by atoms with Crippen LogP contribution >= 0.6 is 0 Å². The van der Waals surface area contributed by atoms with Gasteiger partial charge in [0.05, 0.1) is 5.69 Å². The summed E-state index contributed by atoms with van der Waals surface area (Å²) in [6, 6.07) is 3.56. The second kappa shape index (κ2) is 3.56. The summed E-state index contributed by atoms with van der Waals surface area (Å²) in [7, 11) is 0. The molecule has 0 saturated carbocycles. The molecule has 2 rings (SSSR count). The number of aromatic nitrogens is 2. The minimum absolute atomic E-state index is 0.325. The van der Waals surface area contributed by atoms with E-state index in [1.807, 2.05) is 20.8 Å². The first-order valence-corrected chi connectivity index (χ1v) is 5.11. The Morgan fingerprint density at radius 2 is 1.88 bits per heavy atom. The zero-order valence-electron chi connectivity index (χ0n) is 9.63. The van der Waals surface area contributed by atoms with Crippen LogP contribution in [0.4, 0.5) is 5.82 Å². The highest BCUT2D eigenvalue weighted by molar-refractivity contribution is 5.72. The number of aromatic amines is 1. The summed E-state index contributed by atoms with van der Waals surface area (Å²) >= 11 is 0. The molecule has 4 heteroatoms. The molecular formula is C12H15N3O. The topological polar surface area (TPSA) is 74.9 Å². The van der Waals surface area contributed by atoms with Crippen LogP contribution in [0, 0.1) is 20.8 Å². The number of phenolic OH excluding ortho intramolecular Hbond substituents is 1. The summed E-state index contributed by atoms with van der Waals surface area (Å²) in [6.45, 7) is 5.83. The van der Waals surface area contributed by atoms with Crippen LogP contribution in [-0.4, -0.2) is 15.3 Å². The highest BCUT2D eigenvalue weighted by Crippen LogP contribution is 2.33. The number of phenols is 1. The second-order valence-corrected chi connectivity index (χ2v) is 4.04. The zero-order chi connectivity index (χ0) is 11.9. The molecular weight excluding hydrogens is 202 g/mol. The Labute approximate surface area is 94.1 Å². The number of nitrogens with one attached hydrogen (secondary N) is 1. The summed E-state index contributed by atoms with van der Waals surface area (Å²) in [4.78, 5) is 0.